The second-order valence-corrected chi connectivity index (χ2v) is 3.67. The van der Waals surface area contributed by atoms with Crippen molar-refractivity contribution in [3.05, 3.63) is 29.8 Å². The van der Waals surface area contributed by atoms with Gasteiger partial charge in [-0.3, -0.25) is 9.59 Å². The second kappa shape index (κ2) is 6.54. The molecular weight excluding hydrogens is 234 g/mol. The number of ether oxygens (including phenoxy) is 1. The van der Waals surface area contributed by atoms with Crippen LogP contribution in [0.4, 0.5) is 5.69 Å². The molecule has 0 aromatic heterocycles. The molecule has 18 heavy (non-hydrogen) atoms. The van der Waals surface area contributed by atoms with Crippen LogP contribution in [0.1, 0.15) is 25.3 Å². The lowest BCUT2D eigenvalue weighted by atomic mass is 10.0. The molecule has 1 atom stereocenters. The first kappa shape index (κ1) is 13.9. The zero-order chi connectivity index (χ0) is 13.5. The van der Waals surface area contributed by atoms with Crippen LogP contribution in [-0.4, -0.2) is 24.8 Å². The van der Waals surface area contributed by atoms with Crippen molar-refractivity contribution in [3.63, 3.8) is 0 Å². The lowest BCUT2D eigenvalue weighted by molar-refractivity contribution is -0.146. The van der Waals surface area contributed by atoms with Gasteiger partial charge in [-0.1, -0.05) is 12.1 Å². The Morgan fingerprint density at radius 2 is 2.17 bits per heavy atom. The molecule has 0 saturated heterocycles. The largest absolute Gasteiger partial charge is 0.465 e. The zero-order valence-electron chi connectivity index (χ0n) is 10.3. The summed E-state index contributed by atoms with van der Waals surface area (Å²) in [6.45, 7) is 3.28. The minimum Gasteiger partial charge on any atom is -0.465 e. The minimum absolute atomic E-state index is 0.217. The predicted molar refractivity (Wildman–Crippen MR) is 66.2 cm³/mol. The van der Waals surface area contributed by atoms with E-state index in [2.05, 4.69) is 5.32 Å². The van der Waals surface area contributed by atoms with Gasteiger partial charge in [0.25, 0.3) is 0 Å². The second-order valence-electron chi connectivity index (χ2n) is 3.67. The SMILES string of the molecule is CCOC(=O)C(C=O)c1cccc(NC(C)=O)c1. The highest BCUT2D eigenvalue weighted by atomic mass is 16.5. The maximum atomic E-state index is 11.6. The van der Waals surface area contributed by atoms with Gasteiger partial charge in [0.2, 0.25) is 5.91 Å². The summed E-state index contributed by atoms with van der Waals surface area (Å²) in [7, 11) is 0. The molecule has 1 N–H and O–H groups in total. The van der Waals surface area contributed by atoms with Gasteiger partial charge in [0.05, 0.1) is 6.61 Å². The maximum absolute atomic E-state index is 11.6. The highest BCUT2D eigenvalue weighted by Gasteiger charge is 2.21. The smallest absolute Gasteiger partial charge is 0.320 e. The van der Waals surface area contributed by atoms with Gasteiger partial charge in [-0.05, 0) is 24.6 Å². The number of hydrogen-bond donors (Lipinski definition) is 1. The Labute approximate surface area is 105 Å². The fourth-order valence-electron chi connectivity index (χ4n) is 1.52. The minimum atomic E-state index is -0.960. The standard InChI is InChI=1S/C13H15NO4/c1-3-18-13(17)12(8-15)10-5-4-6-11(7-10)14-9(2)16/h4-8,12H,3H2,1-2H3,(H,14,16). The van der Waals surface area contributed by atoms with Gasteiger partial charge in [0.1, 0.15) is 12.2 Å². The van der Waals surface area contributed by atoms with E-state index in [0.717, 1.165) is 0 Å². The molecule has 0 aliphatic rings. The third kappa shape index (κ3) is 3.69. The van der Waals surface area contributed by atoms with Crippen molar-refractivity contribution in [2.24, 2.45) is 0 Å². The molecule has 0 radical (unpaired) electrons. The van der Waals surface area contributed by atoms with Crippen molar-refractivity contribution in [2.45, 2.75) is 19.8 Å². The Morgan fingerprint density at radius 3 is 2.72 bits per heavy atom. The normalized spacial score (nSPS) is 11.4. The number of benzene rings is 1. The van der Waals surface area contributed by atoms with Gasteiger partial charge in [-0.2, -0.15) is 0 Å². The van der Waals surface area contributed by atoms with Gasteiger partial charge in [0.15, 0.2) is 0 Å². The summed E-state index contributed by atoms with van der Waals surface area (Å²) >= 11 is 0. The van der Waals surface area contributed by atoms with E-state index in [-0.39, 0.29) is 12.5 Å². The van der Waals surface area contributed by atoms with E-state index in [1.54, 1.807) is 31.2 Å². The van der Waals surface area contributed by atoms with E-state index in [9.17, 15) is 14.4 Å². The molecule has 1 aromatic rings. The van der Waals surface area contributed by atoms with Gasteiger partial charge in [-0.15, -0.1) is 0 Å². The monoisotopic (exact) mass is 249 g/mol. The van der Waals surface area contributed by atoms with Crippen LogP contribution in [0.5, 0.6) is 0 Å². The zero-order valence-corrected chi connectivity index (χ0v) is 10.3. The first-order valence-electron chi connectivity index (χ1n) is 5.58. The van der Waals surface area contributed by atoms with Crippen molar-refractivity contribution in [3.8, 4) is 0 Å². The molecule has 0 aliphatic carbocycles. The van der Waals surface area contributed by atoms with Crippen molar-refractivity contribution in [1.82, 2.24) is 0 Å². The van der Waals surface area contributed by atoms with E-state index in [0.29, 0.717) is 17.5 Å². The number of aldehydes is 1. The summed E-state index contributed by atoms with van der Waals surface area (Å²) in [6.07, 6.45) is 0.533. The Hall–Kier alpha value is -2.17. The van der Waals surface area contributed by atoms with E-state index in [1.807, 2.05) is 0 Å². The van der Waals surface area contributed by atoms with Crippen molar-refractivity contribution < 1.29 is 19.1 Å². The van der Waals surface area contributed by atoms with E-state index < -0.39 is 11.9 Å². The summed E-state index contributed by atoms with van der Waals surface area (Å²) < 4.78 is 4.81. The third-order valence-electron chi connectivity index (χ3n) is 2.24. The van der Waals surface area contributed by atoms with E-state index in [1.165, 1.54) is 6.92 Å². The predicted octanol–water partition coefficient (Wildman–Crippen LogP) is 1.49. The fraction of sp³-hybridized carbons (Fsp3) is 0.308. The summed E-state index contributed by atoms with van der Waals surface area (Å²) in [6, 6.07) is 6.56. The molecular formula is C13H15NO4. The molecule has 96 valence electrons. The van der Waals surface area contributed by atoms with Crippen LogP contribution in [0.25, 0.3) is 0 Å². The molecule has 1 aromatic carbocycles. The summed E-state index contributed by atoms with van der Waals surface area (Å²) in [5, 5.41) is 2.59. The van der Waals surface area contributed by atoms with Gasteiger partial charge >= 0.3 is 5.97 Å². The third-order valence-corrected chi connectivity index (χ3v) is 2.24. The summed E-state index contributed by atoms with van der Waals surface area (Å²) in [4.78, 5) is 33.5. The van der Waals surface area contributed by atoms with Crippen LogP contribution in [0.3, 0.4) is 0 Å². The molecule has 1 rings (SSSR count). The Bertz CT molecular complexity index is 456. The first-order valence-corrected chi connectivity index (χ1v) is 5.58. The Kier molecular flexibility index (Phi) is 5.05. The van der Waals surface area contributed by atoms with Crippen LogP contribution in [-0.2, 0) is 19.1 Å². The lowest BCUT2D eigenvalue weighted by Gasteiger charge is -2.11. The average Bonchev–Trinajstić information content (AvgIpc) is 2.30. The summed E-state index contributed by atoms with van der Waals surface area (Å²) in [5.74, 6) is -1.77. The van der Waals surface area contributed by atoms with E-state index >= 15 is 0 Å². The van der Waals surface area contributed by atoms with Crippen LogP contribution in [0, 0.1) is 0 Å². The quantitative estimate of drug-likeness (QED) is 0.487. The van der Waals surface area contributed by atoms with Crippen LogP contribution < -0.4 is 5.32 Å². The molecule has 5 nitrogen and oxygen atoms in total. The van der Waals surface area contributed by atoms with Gasteiger partial charge in [-0.25, -0.2) is 0 Å². The van der Waals surface area contributed by atoms with Crippen LogP contribution >= 0.6 is 0 Å². The molecule has 0 saturated carbocycles. The molecule has 0 spiro atoms. The molecule has 5 heteroatoms. The van der Waals surface area contributed by atoms with Gasteiger partial charge in [0, 0.05) is 12.6 Å². The Morgan fingerprint density at radius 1 is 1.44 bits per heavy atom. The van der Waals surface area contributed by atoms with Gasteiger partial charge < -0.3 is 14.8 Å². The number of nitrogens with one attached hydrogen (secondary N) is 1. The molecule has 0 aliphatic heterocycles. The van der Waals surface area contributed by atoms with Crippen molar-refractivity contribution in [1.29, 1.82) is 0 Å². The van der Waals surface area contributed by atoms with Crippen molar-refractivity contribution >= 4 is 23.9 Å². The highest BCUT2D eigenvalue weighted by Crippen LogP contribution is 2.19. The number of anilines is 1. The molecule has 0 bridgehead atoms. The molecule has 0 heterocycles. The number of carbonyl (C=O) groups excluding carboxylic acids is 3. The van der Waals surface area contributed by atoms with Crippen LogP contribution in [0.2, 0.25) is 0 Å². The number of carbonyl (C=O) groups is 3. The average molecular weight is 249 g/mol. The fourth-order valence-corrected chi connectivity index (χ4v) is 1.52. The van der Waals surface area contributed by atoms with Crippen LogP contribution in [0.15, 0.2) is 24.3 Å². The topological polar surface area (TPSA) is 72.5 Å². The first-order chi connectivity index (χ1) is 8.58. The number of amides is 1. The molecule has 0 fully saturated rings. The number of hydrogen-bond acceptors (Lipinski definition) is 4. The van der Waals surface area contributed by atoms with E-state index in [4.69, 9.17) is 4.74 Å². The number of esters is 1. The summed E-state index contributed by atoms with van der Waals surface area (Å²) in [5.41, 5.74) is 1.03. The highest BCUT2D eigenvalue weighted by molar-refractivity contribution is 5.95. The number of rotatable bonds is 5. The van der Waals surface area contributed by atoms with Crippen molar-refractivity contribution in [2.75, 3.05) is 11.9 Å². The molecule has 1 amide bonds. The Balaban J connectivity index is 2.95. The maximum Gasteiger partial charge on any atom is 0.320 e. The molecule has 1 unspecified atom stereocenters. The lowest BCUT2D eigenvalue weighted by Crippen LogP contribution is -2.17.